The molecule has 21 heavy (non-hydrogen) atoms. The standard InChI is InChI=1S/C16H23NO3S/c1-2-7-17-16(14-6-9-21(18,19)11-14)13-3-4-15-12(10-13)5-8-20-15/h3-4,10,14,16-17H,2,5-9,11H2,1H3. The zero-order chi connectivity index (χ0) is 14.9. The van der Waals surface area contributed by atoms with Crippen molar-refractivity contribution in [3.05, 3.63) is 29.3 Å². The monoisotopic (exact) mass is 309 g/mol. The van der Waals surface area contributed by atoms with Crippen molar-refractivity contribution in [1.29, 1.82) is 0 Å². The minimum absolute atomic E-state index is 0.133. The number of ether oxygens (including phenoxy) is 1. The van der Waals surface area contributed by atoms with Crippen molar-refractivity contribution in [3.8, 4) is 5.75 Å². The molecule has 0 amide bonds. The summed E-state index contributed by atoms with van der Waals surface area (Å²) in [6, 6.07) is 6.44. The van der Waals surface area contributed by atoms with Gasteiger partial charge in [0.25, 0.3) is 0 Å². The Balaban J connectivity index is 1.85. The molecule has 0 spiro atoms. The molecular weight excluding hydrogens is 286 g/mol. The molecule has 1 saturated heterocycles. The molecular formula is C16H23NO3S. The maximum atomic E-state index is 11.8. The van der Waals surface area contributed by atoms with Gasteiger partial charge in [-0.25, -0.2) is 8.42 Å². The van der Waals surface area contributed by atoms with Crippen molar-refractivity contribution in [1.82, 2.24) is 5.32 Å². The molecule has 3 rings (SSSR count). The summed E-state index contributed by atoms with van der Waals surface area (Å²) in [6.45, 7) is 3.80. The van der Waals surface area contributed by atoms with Crippen molar-refractivity contribution >= 4 is 9.84 Å². The Morgan fingerprint density at radius 2 is 2.29 bits per heavy atom. The van der Waals surface area contributed by atoms with Crippen LogP contribution in [0.4, 0.5) is 0 Å². The van der Waals surface area contributed by atoms with Gasteiger partial charge in [-0.2, -0.15) is 0 Å². The summed E-state index contributed by atoms with van der Waals surface area (Å²) < 4.78 is 29.1. The van der Waals surface area contributed by atoms with Gasteiger partial charge in [-0.05, 0) is 42.5 Å². The molecule has 1 aromatic rings. The highest BCUT2D eigenvalue weighted by Crippen LogP contribution is 2.34. The number of hydrogen-bond donors (Lipinski definition) is 1. The topological polar surface area (TPSA) is 55.4 Å². The molecule has 0 aliphatic carbocycles. The molecule has 0 radical (unpaired) electrons. The van der Waals surface area contributed by atoms with Crippen LogP contribution in [-0.4, -0.2) is 33.1 Å². The second-order valence-electron chi connectivity index (χ2n) is 6.06. The van der Waals surface area contributed by atoms with Crippen molar-refractivity contribution in [2.45, 2.75) is 32.2 Å². The van der Waals surface area contributed by atoms with E-state index in [2.05, 4.69) is 24.4 Å². The first-order valence-electron chi connectivity index (χ1n) is 7.78. The van der Waals surface area contributed by atoms with Gasteiger partial charge in [0.1, 0.15) is 5.75 Å². The van der Waals surface area contributed by atoms with Gasteiger partial charge in [0, 0.05) is 12.5 Å². The summed E-state index contributed by atoms with van der Waals surface area (Å²) >= 11 is 0. The molecule has 1 aromatic carbocycles. The largest absolute Gasteiger partial charge is 0.493 e. The first kappa shape index (κ1) is 14.9. The van der Waals surface area contributed by atoms with Gasteiger partial charge in [0.15, 0.2) is 9.84 Å². The zero-order valence-corrected chi connectivity index (χ0v) is 13.3. The van der Waals surface area contributed by atoms with Crippen LogP contribution in [0, 0.1) is 5.92 Å². The van der Waals surface area contributed by atoms with Crippen LogP contribution in [0.2, 0.25) is 0 Å². The Morgan fingerprint density at radius 1 is 1.43 bits per heavy atom. The van der Waals surface area contributed by atoms with E-state index in [-0.39, 0.29) is 12.0 Å². The maximum Gasteiger partial charge on any atom is 0.150 e. The third kappa shape index (κ3) is 3.24. The summed E-state index contributed by atoms with van der Waals surface area (Å²) in [6.07, 6.45) is 2.76. The van der Waals surface area contributed by atoms with E-state index in [1.165, 1.54) is 11.1 Å². The van der Waals surface area contributed by atoms with Gasteiger partial charge in [-0.1, -0.05) is 19.1 Å². The molecule has 1 fully saturated rings. The van der Waals surface area contributed by atoms with Gasteiger partial charge < -0.3 is 10.1 Å². The predicted molar refractivity (Wildman–Crippen MR) is 83.4 cm³/mol. The number of rotatable bonds is 5. The third-order valence-corrected chi connectivity index (χ3v) is 6.22. The lowest BCUT2D eigenvalue weighted by atomic mass is 9.91. The van der Waals surface area contributed by atoms with E-state index in [1.54, 1.807) is 0 Å². The van der Waals surface area contributed by atoms with Crippen LogP contribution < -0.4 is 10.1 Å². The van der Waals surface area contributed by atoms with Crippen LogP contribution in [-0.2, 0) is 16.3 Å². The van der Waals surface area contributed by atoms with Crippen LogP contribution in [0.1, 0.15) is 36.9 Å². The second kappa shape index (κ2) is 5.97. The molecule has 2 atom stereocenters. The van der Waals surface area contributed by atoms with Crippen LogP contribution in [0.15, 0.2) is 18.2 Å². The lowest BCUT2D eigenvalue weighted by molar-refractivity contribution is 0.356. The van der Waals surface area contributed by atoms with Gasteiger partial charge in [0.2, 0.25) is 0 Å². The summed E-state index contributed by atoms with van der Waals surface area (Å²) in [7, 11) is -2.85. The molecule has 5 heteroatoms. The Morgan fingerprint density at radius 3 is 3.00 bits per heavy atom. The number of benzene rings is 1. The summed E-state index contributed by atoms with van der Waals surface area (Å²) in [5, 5.41) is 3.55. The van der Waals surface area contributed by atoms with Gasteiger partial charge in [0.05, 0.1) is 18.1 Å². The van der Waals surface area contributed by atoms with Gasteiger partial charge in [-0.3, -0.25) is 0 Å². The molecule has 2 heterocycles. The van der Waals surface area contributed by atoms with E-state index in [4.69, 9.17) is 4.74 Å². The fraction of sp³-hybridized carbons (Fsp3) is 0.625. The summed E-state index contributed by atoms with van der Waals surface area (Å²) in [5.41, 5.74) is 2.45. The zero-order valence-electron chi connectivity index (χ0n) is 12.5. The van der Waals surface area contributed by atoms with Crippen LogP contribution in [0.5, 0.6) is 5.75 Å². The average Bonchev–Trinajstić information content (AvgIpc) is 3.05. The van der Waals surface area contributed by atoms with Crippen LogP contribution >= 0.6 is 0 Å². The van der Waals surface area contributed by atoms with Gasteiger partial charge in [-0.15, -0.1) is 0 Å². The molecule has 1 N–H and O–H groups in total. The molecule has 0 bridgehead atoms. The van der Waals surface area contributed by atoms with Crippen molar-refractivity contribution < 1.29 is 13.2 Å². The van der Waals surface area contributed by atoms with Crippen molar-refractivity contribution in [2.75, 3.05) is 24.7 Å². The van der Waals surface area contributed by atoms with E-state index in [9.17, 15) is 8.42 Å². The number of sulfone groups is 1. The minimum atomic E-state index is -2.85. The third-order valence-electron chi connectivity index (χ3n) is 4.43. The molecule has 116 valence electrons. The van der Waals surface area contributed by atoms with Crippen LogP contribution in [0.25, 0.3) is 0 Å². The smallest absolute Gasteiger partial charge is 0.150 e. The van der Waals surface area contributed by atoms with E-state index in [1.807, 2.05) is 6.07 Å². The minimum Gasteiger partial charge on any atom is -0.493 e. The SMILES string of the molecule is CCCNC(c1ccc2c(c1)CCO2)C1CCS(=O)(=O)C1. The highest BCUT2D eigenvalue weighted by Gasteiger charge is 2.34. The maximum absolute atomic E-state index is 11.8. The Kier molecular flexibility index (Phi) is 4.22. The van der Waals surface area contributed by atoms with Gasteiger partial charge >= 0.3 is 0 Å². The molecule has 4 nitrogen and oxygen atoms in total. The Bertz CT molecular complexity index is 612. The van der Waals surface area contributed by atoms with E-state index in [0.29, 0.717) is 11.5 Å². The fourth-order valence-electron chi connectivity index (χ4n) is 3.34. The molecule has 2 aliphatic heterocycles. The Hall–Kier alpha value is -1.07. The lowest BCUT2D eigenvalue weighted by Gasteiger charge is -2.25. The summed E-state index contributed by atoms with van der Waals surface area (Å²) in [4.78, 5) is 0. The fourth-order valence-corrected chi connectivity index (χ4v) is 5.18. The van der Waals surface area contributed by atoms with E-state index in [0.717, 1.165) is 38.2 Å². The van der Waals surface area contributed by atoms with Crippen molar-refractivity contribution in [3.63, 3.8) is 0 Å². The quantitative estimate of drug-likeness (QED) is 0.905. The Labute approximate surface area is 126 Å². The number of nitrogens with one attached hydrogen (secondary N) is 1. The molecule has 2 unspecified atom stereocenters. The normalized spacial score (nSPS) is 24.5. The molecule has 0 saturated carbocycles. The highest BCUT2D eigenvalue weighted by atomic mass is 32.2. The molecule has 0 aromatic heterocycles. The van der Waals surface area contributed by atoms with Crippen LogP contribution in [0.3, 0.4) is 0 Å². The highest BCUT2D eigenvalue weighted by molar-refractivity contribution is 7.91. The van der Waals surface area contributed by atoms with Crippen molar-refractivity contribution in [2.24, 2.45) is 5.92 Å². The second-order valence-corrected chi connectivity index (χ2v) is 8.29. The predicted octanol–water partition coefficient (Wildman–Crippen LogP) is 2.10. The average molecular weight is 309 g/mol. The first-order valence-corrected chi connectivity index (χ1v) is 9.60. The number of hydrogen-bond acceptors (Lipinski definition) is 4. The first-order chi connectivity index (χ1) is 10.1. The summed E-state index contributed by atoms with van der Waals surface area (Å²) in [5.74, 6) is 1.80. The number of fused-ring (bicyclic) bond motifs is 1. The van der Waals surface area contributed by atoms with E-state index < -0.39 is 9.84 Å². The van der Waals surface area contributed by atoms with E-state index >= 15 is 0 Å². The lowest BCUT2D eigenvalue weighted by Crippen LogP contribution is -2.29. The molecule has 2 aliphatic rings.